The van der Waals surface area contributed by atoms with Gasteiger partial charge in [0.05, 0.1) is 17.0 Å². The second kappa shape index (κ2) is 7.86. The lowest BCUT2D eigenvalue weighted by Crippen LogP contribution is -2.04. The molecule has 0 radical (unpaired) electrons. The van der Waals surface area contributed by atoms with Gasteiger partial charge >= 0.3 is 0 Å². The van der Waals surface area contributed by atoms with Crippen LogP contribution >= 0.6 is 12.4 Å². The van der Waals surface area contributed by atoms with Gasteiger partial charge in [-0.05, 0) is 62.9 Å². The van der Waals surface area contributed by atoms with Gasteiger partial charge in [-0.15, -0.1) is 12.4 Å². The number of rotatable bonds is 3. The Bertz CT molecular complexity index is 1390. The van der Waals surface area contributed by atoms with Crippen LogP contribution in [-0.2, 0) is 6.54 Å². The van der Waals surface area contributed by atoms with Crippen molar-refractivity contribution < 1.29 is 0 Å². The van der Waals surface area contributed by atoms with E-state index in [4.69, 9.17) is 10.1 Å². The van der Waals surface area contributed by atoms with Gasteiger partial charge in [0, 0.05) is 18.1 Å². The Labute approximate surface area is 189 Å². The normalized spacial score (nSPS) is 11.3. The Balaban J connectivity index is 0.00000231. The van der Waals surface area contributed by atoms with Crippen molar-refractivity contribution in [3.8, 4) is 11.1 Å². The summed E-state index contributed by atoms with van der Waals surface area (Å²) in [4.78, 5) is 5.01. The molecule has 0 unspecified atom stereocenters. The van der Waals surface area contributed by atoms with Crippen molar-refractivity contribution >= 4 is 29.1 Å². The number of aryl methyl sites for hydroxylation is 5. The Morgan fingerprint density at radius 3 is 2.16 bits per heavy atom. The van der Waals surface area contributed by atoms with Crippen molar-refractivity contribution in [1.82, 2.24) is 19.2 Å². The number of hydrogen-bond donors (Lipinski definition) is 0. The van der Waals surface area contributed by atoms with Gasteiger partial charge in [-0.2, -0.15) is 9.61 Å². The van der Waals surface area contributed by atoms with Crippen LogP contribution < -0.4 is 0 Å². The zero-order valence-corrected chi connectivity index (χ0v) is 19.4. The smallest absolute Gasteiger partial charge is 0.165 e. The monoisotopic (exact) mass is 430 g/mol. The van der Waals surface area contributed by atoms with Crippen LogP contribution in [0, 0.1) is 34.6 Å². The van der Waals surface area contributed by atoms with Gasteiger partial charge in [0.15, 0.2) is 5.65 Å². The van der Waals surface area contributed by atoms with E-state index in [-0.39, 0.29) is 12.4 Å². The lowest BCUT2D eigenvalue weighted by Gasteiger charge is -2.12. The molecule has 158 valence electrons. The summed E-state index contributed by atoms with van der Waals surface area (Å²) in [5.41, 5.74) is 11.6. The van der Waals surface area contributed by atoms with Crippen LogP contribution in [0.3, 0.4) is 0 Å². The van der Waals surface area contributed by atoms with E-state index >= 15 is 0 Å². The highest BCUT2D eigenvalue weighted by Crippen LogP contribution is 2.35. The number of halogens is 1. The van der Waals surface area contributed by atoms with Gasteiger partial charge < -0.3 is 4.57 Å². The van der Waals surface area contributed by atoms with Crippen LogP contribution in [0.25, 0.3) is 27.8 Å². The van der Waals surface area contributed by atoms with Gasteiger partial charge in [-0.25, -0.2) is 4.98 Å². The first kappa shape index (κ1) is 21.1. The lowest BCUT2D eigenvalue weighted by molar-refractivity contribution is 0.795. The van der Waals surface area contributed by atoms with Gasteiger partial charge in [-0.3, -0.25) is 0 Å². The molecule has 3 aromatic heterocycles. The maximum Gasteiger partial charge on any atom is 0.165 e. The SMILES string of the molecule is Cc1cc(C)c(-c2c(C)nn3c2nc(C)c2ccn(Cc4ccccc4)c23)c(C)c1.Cl. The van der Waals surface area contributed by atoms with Crippen molar-refractivity contribution in [2.45, 2.75) is 41.2 Å². The maximum absolute atomic E-state index is 5.01. The number of nitrogens with zero attached hydrogens (tertiary/aromatic N) is 4. The summed E-state index contributed by atoms with van der Waals surface area (Å²) in [5, 5.41) is 6.11. The Kier molecular flexibility index (Phi) is 5.36. The van der Waals surface area contributed by atoms with E-state index in [0.29, 0.717) is 0 Å². The fraction of sp³-hybridized carbons (Fsp3) is 0.231. The van der Waals surface area contributed by atoms with Gasteiger partial charge in [0.2, 0.25) is 0 Å². The highest BCUT2D eigenvalue weighted by molar-refractivity contribution is 5.89. The summed E-state index contributed by atoms with van der Waals surface area (Å²) in [6.07, 6.45) is 2.14. The first-order valence-corrected chi connectivity index (χ1v) is 10.4. The minimum atomic E-state index is 0. The minimum Gasteiger partial charge on any atom is -0.328 e. The average Bonchev–Trinajstić information content (AvgIpc) is 3.24. The van der Waals surface area contributed by atoms with Crippen molar-refractivity contribution in [3.63, 3.8) is 0 Å². The molecule has 5 heteroatoms. The lowest BCUT2D eigenvalue weighted by atomic mass is 9.94. The molecule has 0 atom stereocenters. The number of aromatic nitrogens is 4. The van der Waals surface area contributed by atoms with Crippen LogP contribution in [0.2, 0.25) is 0 Å². The van der Waals surface area contributed by atoms with E-state index in [9.17, 15) is 0 Å². The third kappa shape index (κ3) is 3.41. The van der Waals surface area contributed by atoms with E-state index < -0.39 is 0 Å². The molecule has 0 saturated carbocycles. The summed E-state index contributed by atoms with van der Waals surface area (Å²) >= 11 is 0. The highest BCUT2D eigenvalue weighted by Gasteiger charge is 2.21. The molecule has 0 bridgehead atoms. The van der Waals surface area contributed by atoms with Gasteiger partial charge in [0.1, 0.15) is 5.65 Å². The van der Waals surface area contributed by atoms with Crippen LogP contribution in [0.5, 0.6) is 0 Å². The molecule has 4 nitrogen and oxygen atoms in total. The molecule has 0 N–H and O–H groups in total. The largest absolute Gasteiger partial charge is 0.328 e. The molecule has 5 rings (SSSR count). The van der Waals surface area contributed by atoms with Crippen LogP contribution in [-0.4, -0.2) is 19.2 Å². The maximum atomic E-state index is 5.01. The molecule has 5 aromatic rings. The molecule has 0 spiro atoms. The molecular weight excluding hydrogens is 404 g/mol. The molecule has 3 heterocycles. The fourth-order valence-corrected chi connectivity index (χ4v) is 4.74. The first-order chi connectivity index (χ1) is 14.4. The Morgan fingerprint density at radius 1 is 0.806 bits per heavy atom. The molecular formula is C26H27ClN4. The summed E-state index contributed by atoms with van der Waals surface area (Å²) in [6, 6.07) is 17.2. The molecule has 0 aliphatic heterocycles. The van der Waals surface area contributed by atoms with E-state index in [1.54, 1.807) is 0 Å². The summed E-state index contributed by atoms with van der Waals surface area (Å²) in [7, 11) is 0. The topological polar surface area (TPSA) is 35.1 Å². The summed E-state index contributed by atoms with van der Waals surface area (Å²) in [6.45, 7) is 11.5. The van der Waals surface area contributed by atoms with Crippen molar-refractivity contribution in [3.05, 3.63) is 88.4 Å². The highest BCUT2D eigenvalue weighted by atomic mass is 35.5. The van der Waals surface area contributed by atoms with Crippen LogP contribution in [0.4, 0.5) is 0 Å². The zero-order chi connectivity index (χ0) is 21.0. The Hall–Kier alpha value is -3.11. The second-order valence-electron chi connectivity index (χ2n) is 8.33. The molecule has 0 fully saturated rings. The third-order valence-electron chi connectivity index (χ3n) is 5.96. The quantitative estimate of drug-likeness (QED) is 0.333. The van der Waals surface area contributed by atoms with E-state index in [1.165, 1.54) is 27.8 Å². The summed E-state index contributed by atoms with van der Waals surface area (Å²) in [5.74, 6) is 0. The average molecular weight is 431 g/mol. The summed E-state index contributed by atoms with van der Waals surface area (Å²) < 4.78 is 4.31. The predicted molar refractivity (Wildman–Crippen MR) is 130 cm³/mol. The minimum absolute atomic E-state index is 0. The van der Waals surface area contributed by atoms with E-state index in [1.807, 2.05) is 4.52 Å². The molecule has 2 aromatic carbocycles. The number of fused-ring (bicyclic) bond motifs is 3. The molecule has 0 aliphatic rings. The number of hydrogen-bond acceptors (Lipinski definition) is 2. The van der Waals surface area contributed by atoms with Crippen LogP contribution in [0.15, 0.2) is 54.7 Å². The molecule has 0 aliphatic carbocycles. The molecule has 0 amide bonds. The number of benzene rings is 2. The first-order valence-electron chi connectivity index (χ1n) is 10.4. The fourth-order valence-electron chi connectivity index (χ4n) is 4.74. The second-order valence-corrected chi connectivity index (χ2v) is 8.33. The van der Waals surface area contributed by atoms with Crippen molar-refractivity contribution in [2.24, 2.45) is 0 Å². The van der Waals surface area contributed by atoms with E-state index in [2.05, 4.69) is 93.9 Å². The van der Waals surface area contributed by atoms with E-state index in [0.717, 1.165) is 40.2 Å². The molecule has 31 heavy (non-hydrogen) atoms. The van der Waals surface area contributed by atoms with Crippen molar-refractivity contribution in [1.29, 1.82) is 0 Å². The standard InChI is InChI=1S/C26H26N4.ClH/c1-16-13-17(2)23(18(3)14-16)24-20(5)28-30-25(24)27-19(4)22-11-12-29(26(22)30)15-21-9-7-6-8-10-21;/h6-14H,15H2,1-5H3;1H. The van der Waals surface area contributed by atoms with Gasteiger partial charge in [-0.1, -0.05) is 48.0 Å². The zero-order valence-electron chi connectivity index (χ0n) is 18.6. The Morgan fingerprint density at radius 2 is 1.48 bits per heavy atom. The van der Waals surface area contributed by atoms with Crippen molar-refractivity contribution in [2.75, 3.05) is 0 Å². The molecule has 0 saturated heterocycles. The van der Waals surface area contributed by atoms with Crippen LogP contribution in [0.1, 0.15) is 33.6 Å². The van der Waals surface area contributed by atoms with Gasteiger partial charge in [0.25, 0.3) is 0 Å². The predicted octanol–water partition coefficient (Wildman–Crippen LogP) is 6.36. The third-order valence-corrected chi connectivity index (χ3v) is 5.96.